The summed E-state index contributed by atoms with van der Waals surface area (Å²) in [6, 6.07) is 11.5. The normalized spacial score (nSPS) is 14.0. The molecule has 8 nitrogen and oxygen atoms in total. The Hall–Kier alpha value is -4.27. The molecule has 0 fully saturated rings. The Labute approximate surface area is 208 Å². The van der Waals surface area contributed by atoms with Gasteiger partial charge in [0, 0.05) is 18.3 Å². The summed E-state index contributed by atoms with van der Waals surface area (Å²) >= 11 is 0. The number of urea groups is 1. The molecule has 1 aliphatic rings. The van der Waals surface area contributed by atoms with Crippen molar-refractivity contribution in [2.45, 2.75) is 18.9 Å². The molecule has 36 heavy (non-hydrogen) atoms. The van der Waals surface area contributed by atoms with Gasteiger partial charge in [0.25, 0.3) is 0 Å². The molecule has 0 saturated heterocycles. The second kappa shape index (κ2) is 10.6. The van der Waals surface area contributed by atoms with Crippen LogP contribution in [0.25, 0.3) is 11.1 Å². The van der Waals surface area contributed by atoms with Gasteiger partial charge in [-0.25, -0.2) is 9.18 Å². The van der Waals surface area contributed by atoms with Crippen LogP contribution in [-0.4, -0.2) is 34.4 Å². The molecule has 3 aromatic rings. The molecule has 0 saturated carbocycles. The zero-order valence-corrected chi connectivity index (χ0v) is 20.5. The minimum atomic E-state index is -0.501. The molecular formula is C27H28FN3O5. The average Bonchev–Trinajstić information content (AvgIpc) is 3.12. The number of ether oxygens (including phenoxy) is 3. The van der Waals surface area contributed by atoms with Crippen molar-refractivity contribution in [1.82, 2.24) is 5.32 Å². The number of carbonyl (C=O) groups excluding carboxylic acids is 1. The van der Waals surface area contributed by atoms with Crippen LogP contribution in [0.15, 0.2) is 53.3 Å². The van der Waals surface area contributed by atoms with Gasteiger partial charge < -0.3 is 30.2 Å². The summed E-state index contributed by atoms with van der Waals surface area (Å²) in [5.74, 6) is 1.05. The monoisotopic (exact) mass is 493 g/mol. The molecular weight excluding hydrogens is 465 g/mol. The number of rotatable bonds is 6. The first-order chi connectivity index (χ1) is 17.4. The van der Waals surface area contributed by atoms with E-state index in [1.165, 1.54) is 37.4 Å². The van der Waals surface area contributed by atoms with Gasteiger partial charge in [-0.2, -0.15) is 0 Å². The van der Waals surface area contributed by atoms with Gasteiger partial charge in [0.15, 0.2) is 11.5 Å². The van der Waals surface area contributed by atoms with Crippen molar-refractivity contribution in [2.75, 3.05) is 39.0 Å². The lowest BCUT2D eigenvalue weighted by Gasteiger charge is -2.20. The smallest absolute Gasteiger partial charge is 0.319 e. The molecule has 2 amide bonds. The van der Waals surface area contributed by atoms with Crippen molar-refractivity contribution in [2.24, 2.45) is 0 Å². The Morgan fingerprint density at radius 3 is 2.33 bits per heavy atom. The largest absolute Gasteiger partial charge is 0.493 e. The van der Waals surface area contributed by atoms with E-state index in [-0.39, 0.29) is 5.43 Å². The van der Waals surface area contributed by atoms with Crippen molar-refractivity contribution in [3.63, 3.8) is 0 Å². The van der Waals surface area contributed by atoms with Crippen LogP contribution in [0.2, 0.25) is 0 Å². The molecule has 0 bridgehead atoms. The first-order valence-electron chi connectivity index (χ1n) is 11.4. The zero-order valence-electron chi connectivity index (χ0n) is 20.5. The predicted molar refractivity (Wildman–Crippen MR) is 137 cm³/mol. The topological polar surface area (TPSA) is 97.9 Å². The quantitative estimate of drug-likeness (QED) is 0.459. The fourth-order valence-corrected chi connectivity index (χ4v) is 4.53. The fourth-order valence-electron chi connectivity index (χ4n) is 4.53. The standard InChI is InChI=1S/C27H28FN3O5/c1-29-21-12-10-18-19(14-22(21)32)20(31-27(33)30-17-8-6-16(28)7-9-17)11-5-15-13-23(34-2)25(35-3)26(36-4)24(15)18/h6-10,12-14,20H,5,11H2,1-4H3,(H,29,32)(H2,30,31,33)/t20-/m0/s1. The Balaban J connectivity index is 1.85. The number of hydrogen-bond donors (Lipinski definition) is 3. The zero-order chi connectivity index (χ0) is 25.8. The Morgan fingerprint density at radius 1 is 0.972 bits per heavy atom. The molecule has 3 N–H and O–H groups in total. The maximum Gasteiger partial charge on any atom is 0.319 e. The molecule has 3 aromatic carbocycles. The molecule has 1 aliphatic carbocycles. The number of carbonyl (C=O) groups is 1. The Morgan fingerprint density at radius 2 is 1.69 bits per heavy atom. The number of aryl methyl sites for hydroxylation is 1. The number of hydrogen-bond acceptors (Lipinski definition) is 6. The maximum atomic E-state index is 13.3. The fraction of sp³-hybridized carbons (Fsp3) is 0.259. The highest BCUT2D eigenvalue weighted by Crippen LogP contribution is 2.50. The van der Waals surface area contributed by atoms with Crippen LogP contribution in [0, 0.1) is 5.82 Å². The van der Waals surface area contributed by atoms with E-state index in [1.807, 2.05) is 12.1 Å². The highest BCUT2D eigenvalue weighted by molar-refractivity contribution is 5.90. The molecule has 0 aromatic heterocycles. The maximum absolute atomic E-state index is 13.3. The first-order valence-corrected chi connectivity index (χ1v) is 11.4. The number of fused-ring (bicyclic) bond motifs is 3. The third-order valence-electron chi connectivity index (χ3n) is 6.22. The van der Waals surface area contributed by atoms with Gasteiger partial charge in [-0.1, -0.05) is 6.07 Å². The van der Waals surface area contributed by atoms with Crippen LogP contribution in [0.4, 0.5) is 20.6 Å². The van der Waals surface area contributed by atoms with E-state index in [1.54, 1.807) is 27.3 Å². The number of nitrogens with one attached hydrogen (secondary N) is 3. The van der Waals surface area contributed by atoms with Crippen molar-refractivity contribution in [3.8, 4) is 28.4 Å². The second-order valence-corrected chi connectivity index (χ2v) is 8.25. The lowest BCUT2D eigenvalue weighted by molar-refractivity contribution is 0.248. The molecule has 0 heterocycles. The van der Waals surface area contributed by atoms with E-state index in [9.17, 15) is 14.0 Å². The number of anilines is 2. The number of halogens is 1. The SMILES string of the molecule is CNc1ccc2c(cc1=O)[C@@H](NC(=O)Nc1ccc(F)cc1)CCc1cc(OC)c(OC)c(OC)c1-2. The molecule has 188 valence electrons. The first kappa shape index (κ1) is 24.8. The molecule has 4 rings (SSSR count). The predicted octanol–water partition coefficient (Wildman–Crippen LogP) is 4.73. The summed E-state index contributed by atoms with van der Waals surface area (Å²) in [6.45, 7) is 0. The van der Waals surface area contributed by atoms with E-state index in [2.05, 4.69) is 16.0 Å². The summed E-state index contributed by atoms with van der Waals surface area (Å²) in [4.78, 5) is 25.9. The van der Waals surface area contributed by atoms with E-state index in [0.29, 0.717) is 47.0 Å². The third kappa shape index (κ3) is 4.77. The van der Waals surface area contributed by atoms with Crippen LogP contribution < -0.4 is 35.6 Å². The van der Waals surface area contributed by atoms with Gasteiger partial charge in [-0.15, -0.1) is 0 Å². The van der Waals surface area contributed by atoms with Gasteiger partial charge in [-0.05, 0) is 72.0 Å². The van der Waals surface area contributed by atoms with E-state index < -0.39 is 17.9 Å². The lowest BCUT2D eigenvalue weighted by atomic mass is 9.95. The van der Waals surface area contributed by atoms with Crippen LogP contribution in [-0.2, 0) is 6.42 Å². The Kier molecular flexibility index (Phi) is 7.28. The number of benzene rings is 2. The number of methoxy groups -OCH3 is 3. The van der Waals surface area contributed by atoms with E-state index >= 15 is 0 Å². The lowest BCUT2D eigenvalue weighted by Crippen LogP contribution is -2.33. The minimum absolute atomic E-state index is 0.215. The van der Waals surface area contributed by atoms with Gasteiger partial charge in [0.2, 0.25) is 11.2 Å². The molecule has 0 radical (unpaired) electrons. The summed E-state index contributed by atoms with van der Waals surface area (Å²) < 4.78 is 30.2. The van der Waals surface area contributed by atoms with Crippen molar-refractivity contribution in [3.05, 3.63) is 75.7 Å². The average molecular weight is 494 g/mol. The summed E-state index contributed by atoms with van der Waals surface area (Å²) in [5, 5.41) is 8.62. The van der Waals surface area contributed by atoms with E-state index in [0.717, 1.165) is 16.7 Å². The van der Waals surface area contributed by atoms with Crippen molar-refractivity contribution in [1.29, 1.82) is 0 Å². The number of amides is 2. The highest BCUT2D eigenvalue weighted by atomic mass is 19.1. The van der Waals surface area contributed by atoms with Crippen molar-refractivity contribution >= 4 is 17.4 Å². The van der Waals surface area contributed by atoms with Crippen molar-refractivity contribution < 1.29 is 23.4 Å². The van der Waals surface area contributed by atoms with Crippen LogP contribution in [0.3, 0.4) is 0 Å². The summed E-state index contributed by atoms with van der Waals surface area (Å²) in [6.07, 6.45) is 1.08. The molecule has 0 spiro atoms. The van der Waals surface area contributed by atoms with Crippen LogP contribution >= 0.6 is 0 Å². The van der Waals surface area contributed by atoms with Gasteiger partial charge in [0.1, 0.15) is 5.82 Å². The van der Waals surface area contributed by atoms with Gasteiger partial charge >= 0.3 is 6.03 Å². The molecule has 0 aliphatic heterocycles. The molecule has 0 unspecified atom stereocenters. The van der Waals surface area contributed by atoms with Crippen LogP contribution in [0.5, 0.6) is 17.2 Å². The molecule has 1 atom stereocenters. The summed E-state index contributed by atoms with van der Waals surface area (Å²) in [5.41, 5.74) is 3.71. The second-order valence-electron chi connectivity index (χ2n) is 8.25. The highest BCUT2D eigenvalue weighted by Gasteiger charge is 2.29. The minimum Gasteiger partial charge on any atom is -0.493 e. The van der Waals surface area contributed by atoms with Crippen LogP contribution in [0.1, 0.15) is 23.6 Å². The summed E-state index contributed by atoms with van der Waals surface area (Å²) in [7, 11) is 6.32. The van der Waals surface area contributed by atoms with Gasteiger partial charge in [-0.3, -0.25) is 4.79 Å². The molecule has 9 heteroatoms. The third-order valence-corrected chi connectivity index (χ3v) is 6.22. The Bertz CT molecular complexity index is 1340. The van der Waals surface area contributed by atoms with Gasteiger partial charge in [0.05, 0.1) is 33.1 Å². The van der Waals surface area contributed by atoms with E-state index in [4.69, 9.17) is 14.2 Å².